The number of anilines is 1. The van der Waals surface area contributed by atoms with Crippen LogP contribution in [0.1, 0.15) is 25.3 Å². The van der Waals surface area contributed by atoms with Crippen LogP contribution in [0, 0.1) is 0 Å². The molecule has 0 unspecified atom stereocenters. The van der Waals surface area contributed by atoms with Gasteiger partial charge in [0, 0.05) is 10.6 Å². The van der Waals surface area contributed by atoms with Crippen LogP contribution in [-0.4, -0.2) is 24.5 Å². The van der Waals surface area contributed by atoms with E-state index in [-0.39, 0.29) is 21.3 Å². The summed E-state index contributed by atoms with van der Waals surface area (Å²) in [5, 5.41) is 3.00. The zero-order chi connectivity index (χ0) is 21.8. The molecule has 0 saturated carbocycles. The predicted molar refractivity (Wildman–Crippen MR) is 117 cm³/mol. The maximum Gasteiger partial charge on any atom is 0.335 e. The van der Waals surface area contributed by atoms with Crippen molar-refractivity contribution in [1.29, 1.82) is 0 Å². The number of unbranched alkanes of at least 4 members (excludes halogenated alkanes) is 1. The zero-order valence-electron chi connectivity index (χ0n) is 15.9. The quantitative estimate of drug-likeness (QED) is 0.346. The number of benzene rings is 2. The summed E-state index contributed by atoms with van der Waals surface area (Å²) in [6, 6.07) is 8.29. The molecule has 1 saturated heterocycles. The van der Waals surface area contributed by atoms with Crippen molar-refractivity contribution in [3.63, 3.8) is 0 Å². The summed E-state index contributed by atoms with van der Waals surface area (Å²) in [5.41, 5.74) is 0.375. The van der Waals surface area contributed by atoms with Crippen LogP contribution in [0.4, 0.5) is 10.5 Å². The summed E-state index contributed by atoms with van der Waals surface area (Å²) >= 11 is 18.0. The molecule has 9 heteroatoms. The fraction of sp³-hybridized carbons (Fsp3) is 0.190. The van der Waals surface area contributed by atoms with Gasteiger partial charge in [-0.2, -0.15) is 0 Å². The predicted octanol–water partition coefficient (Wildman–Crippen LogP) is 5.49. The Morgan fingerprint density at radius 3 is 2.50 bits per heavy atom. The fourth-order valence-corrected chi connectivity index (χ4v) is 3.23. The Morgan fingerprint density at radius 2 is 1.80 bits per heavy atom. The van der Waals surface area contributed by atoms with Crippen LogP contribution in [0.5, 0.6) is 5.75 Å². The number of halogens is 3. The minimum absolute atomic E-state index is 0.165. The number of barbiturate groups is 1. The minimum atomic E-state index is -0.883. The van der Waals surface area contributed by atoms with Gasteiger partial charge in [-0.3, -0.25) is 14.9 Å². The van der Waals surface area contributed by atoms with Crippen molar-refractivity contribution >= 4 is 64.4 Å². The van der Waals surface area contributed by atoms with Crippen molar-refractivity contribution in [3.05, 3.63) is 62.6 Å². The van der Waals surface area contributed by atoms with Gasteiger partial charge in [-0.25, -0.2) is 9.69 Å². The Balaban J connectivity index is 2.00. The highest BCUT2D eigenvalue weighted by Gasteiger charge is 2.37. The van der Waals surface area contributed by atoms with Crippen LogP contribution in [-0.2, 0) is 9.59 Å². The van der Waals surface area contributed by atoms with E-state index in [1.807, 2.05) is 6.92 Å². The number of carbonyl (C=O) groups is 3. The Labute approximate surface area is 188 Å². The molecule has 1 aliphatic rings. The van der Waals surface area contributed by atoms with Crippen LogP contribution in [0.2, 0.25) is 15.1 Å². The second kappa shape index (κ2) is 9.51. The summed E-state index contributed by atoms with van der Waals surface area (Å²) in [4.78, 5) is 38.6. The molecule has 0 aliphatic carbocycles. The Morgan fingerprint density at radius 1 is 1.03 bits per heavy atom. The van der Waals surface area contributed by atoms with Gasteiger partial charge >= 0.3 is 6.03 Å². The number of hydrogen-bond donors (Lipinski definition) is 1. The molecular formula is C21H17Cl3N2O4. The van der Waals surface area contributed by atoms with E-state index in [1.165, 1.54) is 24.3 Å². The lowest BCUT2D eigenvalue weighted by molar-refractivity contribution is -0.122. The van der Waals surface area contributed by atoms with E-state index in [9.17, 15) is 14.4 Å². The van der Waals surface area contributed by atoms with E-state index in [1.54, 1.807) is 18.2 Å². The number of rotatable bonds is 6. The van der Waals surface area contributed by atoms with Gasteiger partial charge in [-0.05, 0) is 48.9 Å². The highest BCUT2D eigenvalue weighted by Crippen LogP contribution is 2.31. The van der Waals surface area contributed by atoms with Gasteiger partial charge in [0.2, 0.25) is 0 Å². The molecule has 3 rings (SSSR count). The largest absolute Gasteiger partial charge is 0.493 e. The van der Waals surface area contributed by atoms with E-state index in [4.69, 9.17) is 39.5 Å². The number of ether oxygens (including phenoxy) is 1. The van der Waals surface area contributed by atoms with Gasteiger partial charge in [-0.15, -0.1) is 0 Å². The van der Waals surface area contributed by atoms with E-state index >= 15 is 0 Å². The first-order chi connectivity index (χ1) is 14.3. The number of imide groups is 2. The van der Waals surface area contributed by atoms with Gasteiger partial charge in [-0.1, -0.05) is 48.1 Å². The first-order valence-electron chi connectivity index (χ1n) is 9.10. The molecule has 1 aliphatic heterocycles. The average molecular weight is 468 g/mol. The van der Waals surface area contributed by atoms with Crippen molar-refractivity contribution in [2.75, 3.05) is 11.5 Å². The van der Waals surface area contributed by atoms with Crippen LogP contribution in [0.25, 0.3) is 6.08 Å². The maximum absolute atomic E-state index is 13.0. The molecule has 0 atom stereocenters. The van der Waals surface area contributed by atoms with Crippen LogP contribution in [0.3, 0.4) is 0 Å². The summed E-state index contributed by atoms with van der Waals surface area (Å²) < 4.78 is 5.75. The lowest BCUT2D eigenvalue weighted by Gasteiger charge is -2.26. The number of carbonyl (C=O) groups excluding carboxylic acids is 3. The summed E-state index contributed by atoms with van der Waals surface area (Å²) in [6.07, 6.45) is 3.14. The number of amides is 4. The van der Waals surface area contributed by atoms with Crippen molar-refractivity contribution in [2.24, 2.45) is 0 Å². The third-order valence-corrected chi connectivity index (χ3v) is 5.26. The fourth-order valence-electron chi connectivity index (χ4n) is 2.76. The molecular weight excluding hydrogens is 451 g/mol. The lowest BCUT2D eigenvalue weighted by Crippen LogP contribution is -2.54. The smallest absolute Gasteiger partial charge is 0.335 e. The maximum atomic E-state index is 13.0. The second-order valence-electron chi connectivity index (χ2n) is 6.44. The standard InChI is InChI=1S/C21H17Cl3N2O4/c1-2-3-8-30-18-7-4-13(22)9-12(18)10-15-19(27)25-21(29)26(20(15)28)14-5-6-16(23)17(24)11-14/h4-7,9-11H,2-3,8H2,1H3,(H,25,27,29)/b15-10-. The monoisotopic (exact) mass is 466 g/mol. The first-order valence-corrected chi connectivity index (χ1v) is 10.2. The Kier molecular flexibility index (Phi) is 7.02. The first kappa shape index (κ1) is 22.2. The Bertz CT molecular complexity index is 1050. The molecule has 1 heterocycles. The van der Waals surface area contributed by atoms with Crippen molar-refractivity contribution in [3.8, 4) is 5.75 Å². The number of urea groups is 1. The summed E-state index contributed by atoms with van der Waals surface area (Å²) in [6.45, 7) is 2.51. The van der Waals surface area contributed by atoms with Gasteiger partial charge in [0.25, 0.3) is 11.8 Å². The molecule has 2 aromatic carbocycles. The SMILES string of the molecule is CCCCOc1ccc(Cl)cc1/C=C1/C(=O)NC(=O)N(c2ccc(Cl)c(Cl)c2)C1=O. The number of hydrogen-bond acceptors (Lipinski definition) is 4. The van der Waals surface area contributed by atoms with Crippen molar-refractivity contribution in [2.45, 2.75) is 19.8 Å². The molecule has 0 radical (unpaired) electrons. The van der Waals surface area contributed by atoms with Gasteiger partial charge in [0.05, 0.1) is 22.3 Å². The third kappa shape index (κ3) is 4.78. The van der Waals surface area contributed by atoms with Crippen LogP contribution < -0.4 is 15.0 Å². The second-order valence-corrected chi connectivity index (χ2v) is 7.69. The van der Waals surface area contributed by atoms with Crippen LogP contribution >= 0.6 is 34.8 Å². The molecule has 2 aromatic rings. The lowest BCUT2D eigenvalue weighted by atomic mass is 10.1. The zero-order valence-corrected chi connectivity index (χ0v) is 18.1. The van der Waals surface area contributed by atoms with E-state index in [2.05, 4.69) is 5.32 Å². The number of nitrogens with zero attached hydrogens (tertiary/aromatic N) is 1. The van der Waals surface area contributed by atoms with Crippen LogP contribution in [0.15, 0.2) is 42.0 Å². The summed E-state index contributed by atoms with van der Waals surface area (Å²) in [7, 11) is 0. The highest BCUT2D eigenvalue weighted by molar-refractivity contribution is 6.43. The highest BCUT2D eigenvalue weighted by atomic mass is 35.5. The summed E-state index contributed by atoms with van der Waals surface area (Å²) in [5.74, 6) is -1.15. The minimum Gasteiger partial charge on any atom is -0.493 e. The van der Waals surface area contributed by atoms with Crippen molar-refractivity contribution < 1.29 is 19.1 Å². The molecule has 0 aromatic heterocycles. The Hall–Kier alpha value is -2.54. The third-order valence-electron chi connectivity index (χ3n) is 4.29. The molecule has 30 heavy (non-hydrogen) atoms. The number of nitrogens with one attached hydrogen (secondary N) is 1. The average Bonchev–Trinajstić information content (AvgIpc) is 2.69. The molecule has 0 bridgehead atoms. The molecule has 0 spiro atoms. The molecule has 4 amide bonds. The van der Waals surface area contributed by atoms with E-state index < -0.39 is 17.8 Å². The molecule has 6 nitrogen and oxygen atoms in total. The van der Waals surface area contributed by atoms with Gasteiger partial charge < -0.3 is 4.74 Å². The van der Waals surface area contributed by atoms with E-state index in [0.717, 1.165) is 17.7 Å². The normalized spacial score (nSPS) is 15.5. The topological polar surface area (TPSA) is 75.7 Å². The molecule has 1 N–H and O–H groups in total. The molecule has 156 valence electrons. The van der Waals surface area contributed by atoms with Crippen molar-refractivity contribution in [1.82, 2.24) is 5.32 Å². The van der Waals surface area contributed by atoms with Gasteiger partial charge in [0.15, 0.2) is 0 Å². The molecule has 1 fully saturated rings. The van der Waals surface area contributed by atoms with Gasteiger partial charge in [0.1, 0.15) is 11.3 Å². The van der Waals surface area contributed by atoms with E-state index in [0.29, 0.717) is 22.9 Å².